The van der Waals surface area contributed by atoms with E-state index in [0.29, 0.717) is 29.8 Å². The first-order chi connectivity index (χ1) is 18.9. The Labute approximate surface area is 230 Å². The number of esters is 1. The van der Waals surface area contributed by atoms with Crippen molar-refractivity contribution in [1.82, 2.24) is 19.9 Å². The summed E-state index contributed by atoms with van der Waals surface area (Å²) < 4.78 is 10.6. The first kappa shape index (κ1) is 27.9. The van der Waals surface area contributed by atoms with E-state index in [9.17, 15) is 4.79 Å². The fourth-order valence-corrected chi connectivity index (χ4v) is 4.61. The van der Waals surface area contributed by atoms with Crippen LogP contribution in [0, 0.1) is 17.2 Å². The topological polar surface area (TPSA) is 114 Å². The summed E-state index contributed by atoms with van der Waals surface area (Å²) in [5.74, 6) is 0.941. The highest BCUT2D eigenvalue weighted by molar-refractivity contribution is 7.27. The zero-order valence-corrected chi connectivity index (χ0v) is 23.4. The smallest absolute Gasteiger partial charge is 0.356 e. The standard InChI is InChI=1S/C29H31N6O3P/c1-35(2)27(33-23-10-11-25(32-17-23)28(36)37-3)15-19-4-7-21(8-5-19)24-12-13-31-29(34-24)38-18-22-9-6-20(16-30)14-26(22)39/h6-7,9-14,17,19H,4-5,8,15,18,39H2,1-3H3/b33-27-. The predicted molar refractivity (Wildman–Crippen MR) is 153 cm³/mol. The minimum atomic E-state index is -0.467. The third kappa shape index (κ3) is 7.46. The number of hydrogen-bond acceptors (Lipinski definition) is 8. The zero-order chi connectivity index (χ0) is 27.8. The van der Waals surface area contributed by atoms with Crippen molar-refractivity contribution in [2.45, 2.75) is 32.3 Å². The molecule has 0 bridgehead atoms. The highest BCUT2D eigenvalue weighted by Gasteiger charge is 2.20. The third-order valence-corrected chi connectivity index (χ3v) is 7.04. The van der Waals surface area contributed by atoms with Gasteiger partial charge in [0.05, 0.1) is 36.3 Å². The van der Waals surface area contributed by atoms with E-state index >= 15 is 0 Å². The second-order valence-corrected chi connectivity index (χ2v) is 10.1. The van der Waals surface area contributed by atoms with Gasteiger partial charge in [0.25, 0.3) is 0 Å². The van der Waals surface area contributed by atoms with Gasteiger partial charge in [0, 0.05) is 26.7 Å². The molecule has 39 heavy (non-hydrogen) atoms. The van der Waals surface area contributed by atoms with Gasteiger partial charge in [-0.05, 0) is 72.0 Å². The number of nitrogens with zero attached hydrogens (tertiary/aromatic N) is 6. The Bertz CT molecular complexity index is 1430. The Balaban J connectivity index is 1.38. The summed E-state index contributed by atoms with van der Waals surface area (Å²) in [5.41, 5.74) is 4.59. The van der Waals surface area contributed by atoms with Crippen molar-refractivity contribution in [3.63, 3.8) is 0 Å². The minimum Gasteiger partial charge on any atom is -0.464 e. The Morgan fingerprint density at radius 3 is 2.72 bits per heavy atom. The number of rotatable bonds is 8. The second kappa shape index (κ2) is 13.1. The molecule has 9 nitrogen and oxygen atoms in total. The lowest BCUT2D eigenvalue weighted by Gasteiger charge is -2.25. The number of allylic oxidation sites excluding steroid dienone is 2. The van der Waals surface area contributed by atoms with E-state index in [2.05, 4.69) is 36.3 Å². The molecule has 0 aliphatic heterocycles. The van der Waals surface area contributed by atoms with Gasteiger partial charge in [-0.1, -0.05) is 12.1 Å². The number of aromatic nitrogens is 3. The Morgan fingerprint density at radius 2 is 2.08 bits per heavy atom. The molecule has 0 spiro atoms. The van der Waals surface area contributed by atoms with Crippen molar-refractivity contribution >= 4 is 37.6 Å². The number of carbonyl (C=O) groups excluding carboxylic acids is 1. The van der Waals surface area contributed by atoms with Gasteiger partial charge >= 0.3 is 12.0 Å². The van der Waals surface area contributed by atoms with Crippen LogP contribution in [-0.4, -0.2) is 52.9 Å². The molecule has 1 aliphatic carbocycles. The summed E-state index contributed by atoms with van der Waals surface area (Å²) in [6.45, 7) is 0.322. The number of carbonyl (C=O) groups is 1. The van der Waals surface area contributed by atoms with Crippen LogP contribution in [0.3, 0.4) is 0 Å². The fraction of sp³-hybridized carbons (Fsp3) is 0.310. The molecule has 0 fully saturated rings. The normalized spacial score (nSPS) is 15.2. The number of ether oxygens (including phenoxy) is 2. The molecule has 10 heteroatoms. The van der Waals surface area contributed by atoms with Crippen LogP contribution in [0.25, 0.3) is 5.57 Å². The Kier molecular flexibility index (Phi) is 9.35. The average molecular weight is 543 g/mol. The second-order valence-electron chi connectivity index (χ2n) is 9.43. The van der Waals surface area contributed by atoms with Gasteiger partial charge in [0.15, 0.2) is 0 Å². The lowest BCUT2D eigenvalue weighted by Crippen LogP contribution is -2.25. The van der Waals surface area contributed by atoms with Crippen LogP contribution in [0.4, 0.5) is 5.69 Å². The Hall–Kier alpha value is -4.15. The molecule has 2 aromatic heterocycles. The van der Waals surface area contributed by atoms with E-state index in [4.69, 9.17) is 19.7 Å². The quantitative estimate of drug-likeness (QED) is 0.177. The van der Waals surface area contributed by atoms with E-state index in [1.165, 1.54) is 12.7 Å². The van der Waals surface area contributed by atoms with Crippen molar-refractivity contribution in [3.05, 3.63) is 77.4 Å². The first-order valence-corrected chi connectivity index (χ1v) is 13.2. The van der Waals surface area contributed by atoms with Gasteiger partial charge in [0.2, 0.25) is 0 Å². The van der Waals surface area contributed by atoms with Gasteiger partial charge in [-0.25, -0.2) is 19.8 Å². The highest BCUT2D eigenvalue weighted by Crippen LogP contribution is 2.32. The third-order valence-electron chi connectivity index (χ3n) is 6.50. The molecule has 200 valence electrons. The Morgan fingerprint density at radius 1 is 1.23 bits per heavy atom. The molecule has 1 aliphatic rings. The maximum Gasteiger partial charge on any atom is 0.356 e. The van der Waals surface area contributed by atoms with Gasteiger partial charge in [-0.2, -0.15) is 10.2 Å². The summed E-state index contributed by atoms with van der Waals surface area (Å²) in [5, 5.41) is 9.97. The van der Waals surface area contributed by atoms with E-state index in [0.717, 1.165) is 48.1 Å². The number of nitriles is 1. The molecule has 0 amide bonds. The summed E-state index contributed by atoms with van der Waals surface area (Å²) in [4.78, 5) is 31.5. The summed E-state index contributed by atoms with van der Waals surface area (Å²) in [6.07, 6.45) is 9.23. The van der Waals surface area contributed by atoms with Crippen LogP contribution in [0.15, 0.2) is 59.9 Å². The lowest BCUT2D eigenvalue weighted by atomic mass is 9.86. The van der Waals surface area contributed by atoms with E-state index < -0.39 is 5.97 Å². The molecular formula is C29H31N6O3P. The van der Waals surface area contributed by atoms with Crippen LogP contribution in [-0.2, 0) is 11.3 Å². The van der Waals surface area contributed by atoms with Gasteiger partial charge in [-0.15, -0.1) is 9.24 Å². The van der Waals surface area contributed by atoms with Crippen molar-refractivity contribution in [1.29, 1.82) is 5.26 Å². The van der Waals surface area contributed by atoms with E-state index in [1.54, 1.807) is 30.6 Å². The molecule has 4 rings (SSSR count). The van der Waals surface area contributed by atoms with Gasteiger partial charge < -0.3 is 14.4 Å². The van der Waals surface area contributed by atoms with Crippen molar-refractivity contribution < 1.29 is 14.3 Å². The monoisotopic (exact) mass is 542 g/mol. The summed E-state index contributed by atoms with van der Waals surface area (Å²) in [7, 11) is 7.95. The zero-order valence-electron chi connectivity index (χ0n) is 22.3. The lowest BCUT2D eigenvalue weighted by molar-refractivity contribution is 0.0594. The van der Waals surface area contributed by atoms with E-state index in [-0.39, 0.29) is 5.69 Å². The van der Waals surface area contributed by atoms with Crippen molar-refractivity contribution in [3.8, 4) is 12.1 Å². The van der Waals surface area contributed by atoms with Crippen molar-refractivity contribution in [2.75, 3.05) is 21.2 Å². The number of pyridine rings is 1. The predicted octanol–water partition coefficient (Wildman–Crippen LogP) is 4.47. The van der Waals surface area contributed by atoms with Crippen LogP contribution < -0.4 is 10.0 Å². The molecule has 2 unspecified atom stereocenters. The number of hydrogen-bond donors (Lipinski definition) is 0. The molecule has 2 atom stereocenters. The number of benzene rings is 1. The first-order valence-electron chi connectivity index (χ1n) is 12.6. The maximum absolute atomic E-state index is 11.6. The SMILES string of the molecule is COC(=O)c1ccc(/N=C(/CC2CC=C(c3ccnc(OCc4ccc(C#N)cc4P)n3)CC2)N(C)C)cn1. The average Bonchev–Trinajstić information content (AvgIpc) is 2.96. The molecular weight excluding hydrogens is 511 g/mol. The molecule has 0 saturated carbocycles. The number of aliphatic imine (C=N–C) groups is 1. The van der Waals surface area contributed by atoms with Crippen LogP contribution in [0.5, 0.6) is 6.01 Å². The number of methoxy groups -OCH3 is 1. The summed E-state index contributed by atoms with van der Waals surface area (Å²) >= 11 is 0. The summed E-state index contributed by atoms with van der Waals surface area (Å²) in [6, 6.07) is 13.3. The minimum absolute atomic E-state index is 0.259. The van der Waals surface area contributed by atoms with Crippen LogP contribution in [0.2, 0.25) is 0 Å². The van der Waals surface area contributed by atoms with E-state index in [1.807, 2.05) is 37.2 Å². The largest absolute Gasteiger partial charge is 0.464 e. The van der Waals surface area contributed by atoms with Crippen LogP contribution >= 0.6 is 9.24 Å². The molecule has 1 aromatic carbocycles. The van der Waals surface area contributed by atoms with Crippen molar-refractivity contribution in [2.24, 2.45) is 10.9 Å². The van der Waals surface area contributed by atoms with Gasteiger partial charge in [-0.3, -0.25) is 0 Å². The van der Waals surface area contributed by atoms with Crippen LogP contribution in [0.1, 0.15) is 53.0 Å². The molecule has 3 aromatic rings. The number of amidine groups is 1. The molecule has 0 N–H and O–H groups in total. The molecule has 0 saturated heterocycles. The molecule has 0 radical (unpaired) electrons. The van der Waals surface area contributed by atoms with Gasteiger partial charge in [0.1, 0.15) is 18.1 Å². The maximum atomic E-state index is 11.6. The molecule has 2 heterocycles. The fourth-order valence-electron chi connectivity index (χ4n) is 4.25. The highest BCUT2D eigenvalue weighted by atomic mass is 31.0.